The SMILES string of the molecule is NC(=O)C(NC1CC1)c1ccc(Cl)cc1Br. The van der Waals surface area contributed by atoms with Crippen LogP contribution in [0.5, 0.6) is 0 Å². The van der Waals surface area contributed by atoms with Crippen molar-refractivity contribution < 1.29 is 4.79 Å². The van der Waals surface area contributed by atoms with Crippen LogP contribution >= 0.6 is 27.5 Å². The number of amides is 1. The number of hydrogen-bond acceptors (Lipinski definition) is 2. The van der Waals surface area contributed by atoms with Gasteiger partial charge in [-0.05, 0) is 30.5 Å². The Labute approximate surface area is 107 Å². The minimum absolute atomic E-state index is 0.366. The molecule has 1 atom stereocenters. The van der Waals surface area contributed by atoms with E-state index in [9.17, 15) is 4.79 Å². The Kier molecular flexibility index (Phi) is 3.52. The molecule has 1 aromatic carbocycles. The van der Waals surface area contributed by atoms with E-state index in [0.29, 0.717) is 11.1 Å². The number of rotatable bonds is 4. The maximum absolute atomic E-state index is 11.4. The zero-order valence-electron chi connectivity index (χ0n) is 8.54. The van der Waals surface area contributed by atoms with E-state index >= 15 is 0 Å². The number of halogens is 2. The van der Waals surface area contributed by atoms with Crippen molar-refractivity contribution in [1.29, 1.82) is 0 Å². The molecular formula is C11H12BrClN2O. The number of carbonyl (C=O) groups is 1. The predicted octanol–water partition coefficient (Wildman–Crippen LogP) is 2.38. The van der Waals surface area contributed by atoms with Crippen LogP contribution in [0.2, 0.25) is 5.02 Å². The molecule has 0 aliphatic heterocycles. The third-order valence-electron chi connectivity index (χ3n) is 2.54. The van der Waals surface area contributed by atoms with Crippen molar-refractivity contribution in [3.63, 3.8) is 0 Å². The molecule has 0 aromatic heterocycles. The molecule has 0 bridgehead atoms. The fraction of sp³-hybridized carbons (Fsp3) is 0.364. The van der Waals surface area contributed by atoms with E-state index in [1.54, 1.807) is 12.1 Å². The van der Waals surface area contributed by atoms with Crippen LogP contribution in [0.15, 0.2) is 22.7 Å². The highest BCUT2D eigenvalue weighted by Crippen LogP contribution is 2.29. The van der Waals surface area contributed by atoms with Crippen LogP contribution in [-0.4, -0.2) is 11.9 Å². The number of nitrogens with one attached hydrogen (secondary N) is 1. The number of carbonyl (C=O) groups excluding carboxylic acids is 1. The first kappa shape index (κ1) is 11.9. The molecule has 1 fully saturated rings. The van der Waals surface area contributed by atoms with E-state index in [-0.39, 0.29) is 5.91 Å². The molecule has 1 aromatic rings. The molecule has 1 amide bonds. The Balaban J connectivity index is 2.26. The van der Waals surface area contributed by atoms with Crippen LogP contribution in [0.1, 0.15) is 24.4 Å². The van der Waals surface area contributed by atoms with E-state index in [1.807, 2.05) is 6.07 Å². The highest BCUT2D eigenvalue weighted by molar-refractivity contribution is 9.10. The fourth-order valence-electron chi connectivity index (χ4n) is 1.55. The minimum atomic E-state index is -0.445. The molecule has 0 saturated heterocycles. The van der Waals surface area contributed by atoms with Gasteiger partial charge in [0.25, 0.3) is 0 Å². The first-order valence-electron chi connectivity index (χ1n) is 5.08. The van der Waals surface area contributed by atoms with E-state index < -0.39 is 6.04 Å². The average molecular weight is 304 g/mol. The van der Waals surface area contributed by atoms with Crippen molar-refractivity contribution in [3.05, 3.63) is 33.3 Å². The predicted molar refractivity (Wildman–Crippen MR) is 67.2 cm³/mol. The molecule has 1 saturated carbocycles. The van der Waals surface area contributed by atoms with Crippen LogP contribution in [0.25, 0.3) is 0 Å². The Morgan fingerprint density at radius 3 is 2.75 bits per heavy atom. The summed E-state index contributed by atoms with van der Waals surface area (Å²) in [5, 5.41) is 3.85. The quantitative estimate of drug-likeness (QED) is 0.897. The molecule has 1 unspecified atom stereocenters. The highest BCUT2D eigenvalue weighted by atomic mass is 79.9. The van der Waals surface area contributed by atoms with Gasteiger partial charge in [-0.2, -0.15) is 0 Å². The Morgan fingerprint density at radius 1 is 1.56 bits per heavy atom. The van der Waals surface area contributed by atoms with E-state index in [1.165, 1.54) is 0 Å². The summed E-state index contributed by atoms with van der Waals surface area (Å²) >= 11 is 9.25. The van der Waals surface area contributed by atoms with Crippen molar-refractivity contribution in [3.8, 4) is 0 Å². The molecule has 2 rings (SSSR count). The monoisotopic (exact) mass is 302 g/mol. The average Bonchev–Trinajstić information content (AvgIpc) is 2.98. The van der Waals surface area contributed by atoms with Crippen molar-refractivity contribution in [2.24, 2.45) is 5.73 Å². The summed E-state index contributed by atoms with van der Waals surface area (Å²) in [5.74, 6) is -0.366. The molecule has 0 heterocycles. The highest BCUT2D eigenvalue weighted by Gasteiger charge is 2.29. The van der Waals surface area contributed by atoms with Crippen LogP contribution in [-0.2, 0) is 4.79 Å². The largest absolute Gasteiger partial charge is 0.368 e. The molecule has 16 heavy (non-hydrogen) atoms. The van der Waals surface area contributed by atoms with Gasteiger partial charge in [-0.25, -0.2) is 0 Å². The summed E-state index contributed by atoms with van der Waals surface area (Å²) in [6.07, 6.45) is 2.21. The smallest absolute Gasteiger partial charge is 0.239 e. The lowest BCUT2D eigenvalue weighted by molar-refractivity contribution is -0.120. The Morgan fingerprint density at radius 2 is 2.25 bits per heavy atom. The van der Waals surface area contributed by atoms with Gasteiger partial charge in [0.15, 0.2) is 0 Å². The standard InChI is InChI=1S/C11H12BrClN2O/c12-9-5-6(13)1-4-8(9)10(11(14)16)15-7-2-3-7/h1,4-5,7,10,15H,2-3H2,(H2,14,16). The Bertz CT molecular complexity index is 420. The summed E-state index contributed by atoms with van der Waals surface area (Å²) in [5.41, 5.74) is 6.23. The number of hydrogen-bond donors (Lipinski definition) is 2. The second-order valence-corrected chi connectivity index (χ2v) is 5.23. The normalized spacial score (nSPS) is 17.1. The van der Waals surface area contributed by atoms with Gasteiger partial charge in [-0.3, -0.25) is 10.1 Å². The molecule has 1 aliphatic rings. The molecule has 1 aliphatic carbocycles. The van der Waals surface area contributed by atoms with Crippen LogP contribution in [0, 0.1) is 0 Å². The van der Waals surface area contributed by atoms with Gasteiger partial charge in [0.2, 0.25) is 5.91 Å². The van der Waals surface area contributed by atoms with Crippen molar-refractivity contribution in [2.75, 3.05) is 0 Å². The van der Waals surface area contributed by atoms with Gasteiger partial charge in [-0.15, -0.1) is 0 Å². The molecule has 0 radical (unpaired) electrons. The van der Waals surface area contributed by atoms with Gasteiger partial charge >= 0.3 is 0 Å². The maximum Gasteiger partial charge on any atom is 0.239 e. The number of benzene rings is 1. The van der Waals surface area contributed by atoms with Gasteiger partial charge < -0.3 is 5.73 Å². The van der Waals surface area contributed by atoms with E-state index in [2.05, 4.69) is 21.2 Å². The first-order valence-corrected chi connectivity index (χ1v) is 6.25. The number of primary amides is 1. The van der Waals surface area contributed by atoms with Gasteiger partial charge in [0.05, 0.1) is 0 Å². The van der Waals surface area contributed by atoms with Crippen molar-refractivity contribution in [2.45, 2.75) is 24.9 Å². The molecule has 5 heteroatoms. The topological polar surface area (TPSA) is 55.1 Å². The van der Waals surface area contributed by atoms with Gasteiger partial charge in [-0.1, -0.05) is 33.6 Å². The molecule has 3 N–H and O–H groups in total. The summed E-state index contributed by atoms with van der Waals surface area (Å²) in [4.78, 5) is 11.4. The first-order chi connectivity index (χ1) is 7.58. The zero-order valence-corrected chi connectivity index (χ0v) is 10.9. The second-order valence-electron chi connectivity index (χ2n) is 3.94. The van der Waals surface area contributed by atoms with Crippen LogP contribution in [0.3, 0.4) is 0 Å². The lowest BCUT2D eigenvalue weighted by atomic mass is 10.1. The van der Waals surface area contributed by atoms with Crippen LogP contribution in [0.4, 0.5) is 0 Å². The number of nitrogens with two attached hydrogens (primary N) is 1. The summed E-state index contributed by atoms with van der Waals surface area (Å²) in [6.45, 7) is 0. The van der Waals surface area contributed by atoms with E-state index in [4.69, 9.17) is 17.3 Å². The van der Waals surface area contributed by atoms with E-state index in [0.717, 1.165) is 22.9 Å². The molecule has 86 valence electrons. The minimum Gasteiger partial charge on any atom is -0.368 e. The third-order valence-corrected chi connectivity index (χ3v) is 3.46. The second kappa shape index (κ2) is 4.73. The van der Waals surface area contributed by atoms with Crippen LogP contribution < -0.4 is 11.1 Å². The summed E-state index contributed by atoms with van der Waals surface area (Å²) in [6, 6.07) is 5.31. The summed E-state index contributed by atoms with van der Waals surface area (Å²) in [7, 11) is 0. The van der Waals surface area contributed by atoms with Crippen molar-refractivity contribution in [1.82, 2.24) is 5.32 Å². The lowest BCUT2D eigenvalue weighted by Crippen LogP contribution is -2.35. The third kappa shape index (κ3) is 2.75. The molecule has 3 nitrogen and oxygen atoms in total. The van der Waals surface area contributed by atoms with Gasteiger partial charge in [0.1, 0.15) is 6.04 Å². The maximum atomic E-state index is 11.4. The fourth-order valence-corrected chi connectivity index (χ4v) is 2.46. The lowest BCUT2D eigenvalue weighted by Gasteiger charge is -2.17. The summed E-state index contributed by atoms with van der Waals surface area (Å²) < 4.78 is 0.803. The van der Waals surface area contributed by atoms with Crippen molar-refractivity contribution >= 4 is 33.4 Å². The molecular weight excluding hydrogens is 291 g/mol. The zero-order chi connectivity index (χ0) is 11.7. The molecule has 0 spiro atoms. The Hall–Kier alpha value is -0.580. The van der Waals surface area contributed by atoms with Gasteiger partial charge in [0, 0.05) is 15.5 Å².